The number of methoxy groups -OCH3 is 2. The molecule has 2 aromatic rings. The molecule has 0 unspecified atom stereocenters. The largest absolute Gasteiger partial charge is 0.507 e. The van der Waals surface area contributed by atoms with Gasteiger partial charge in [-0.15, -0.1) is 0 Å². The van der Waals surface area contributed by atoms with Crippen LogP contribution in [0.1, 0.15) is 36.8 Å². The summed E-state index contributed by atoms with van der Waals surface area (Å²) in [5.41, 5.74) is 2.96. The van der Waals surface area contributed by atoms with E-state index in [1.165, 1.54) is 14.2 Å². The van der Waals surface area contributed by atoms with Gasteiger partial charge >= 0.3 is 11.9 Å². The summed E-state index contributed by atoms with van der Waals surface area (Å²) in [5.74, 6) is -0.370. The highest BCUT2D eigenvalue weighted by Gasteiger charge is 2.12. The van der Waals surface area contributed by atoms with Crippen LogP contribution in [0.4, 0.5) is 0 Å². The Kier molecular flexibility index (Phi) is 7.87. The monoisotopic (exact) mass is 386 g/mol. The van der Waals surface area contributed by atoms with Crippen molar-refractivity contribution in [2.24, 2.45) is 0 Å². The minimum absolute atomic E-state index is 0.0683. The van der Waals surface area contributed by atoms with Crippen molar-refractivity contribution in [2.75, 3.05) is 14.2 Å². The maximum Gasteiger partial charge on any atom is 0.305 e. The predicted molar refractivity (Wildman–Crippen MR) is 105 cm³/mol. The highest BCUT2D eigenvalue weighted by Crippen LogP contribution is 2.37. The molecule has 2 rings (SSSR count). The van der Waals surface area contributed by atoms with E-state index in [1.807, 2.05) is 12.1 Å². The second-order valence-corrected chi connectivity index (χ2v) is 6.56. The molecule has 28 heavy (non-hydrogen) atoms. The molecule has 0 aliphatic carbocycles. The van der Waals surface area contributed by atoms with E-state index in [0.717, 1.165) is 11.1 Å². The predicted octanol–water partition coefficient (Wildman–Crippen LogP) is 3.76. The maximum absolute atomic E-state index is 11.3. The SMILES string of the molecule is COC(=O)CCCc1ccc(O)c(-c2cc(CCCC(=O)OC)ccc2O)c1. The van der Waals surface area contributed by atoms with Gasteiger partial charge in [-0.3, -0.25) is 9.59 Å². The summed E-state index contributed by atoms with van der Waals surface area (Å²) >= 11 is 0. The summed E-state index contributed by atoms with van der Waals surface area (Å²) in [7, 11) is 2.73. The van der Waals surface area contributed by atoms with Gasteiger partial charge in [-0.2, -0.15) is 0 Å². The van der Waals surface area contributed by atoms with Crippen molar-refractivity contribution < 1.29 is 29.3 Å². The molecule has 0 amide bonds. The number of aromatic hydroxyl groups is 2. The lowest BCUT2D eigenvalue weighted by atomic mass is 9.96. The van der Waals surface area contributed by atoms with Crippen LogP contribution in [0, 0.1) is 0 Å². The van der Waals surface area contributed by atoms with E-state index in [4.69, 9.17) is 0 Å². The molecule has 0 saturated heterocycles. The fraction of sp³-hybridized carbons (Fsp3) is 0.364. The number of carbonyl (C=O) groups excluding carboxylic acids is 2. The number of hydrogen-bond acceptors (Lipinski definition) is 6. The van der Waals surface area contributed by atoms with Gasteiger partial charge in [0.25, 0.3) is 0 Å². The minimum Gasteiger partial charge on any atom is -0.507 e. The summed E-state index contributed by atoms with van der Waals surface area (Å²) in [6.07, 6.45) is 3.23. The first-order valence-electron chi connectivity index (χ1n) is 9.22. The Morgan fingerprint density at radius 2 is 1.14 bits per heavy atom. The number of aryl methyl sites for hydroxylation is 2. The molecule has 0 saturated carbocycles. The van der Waals surface area contributed by atoms with Crippen LogP contribution in [0.2, 0.25) is 0 Å². The van der Waals surface area contributed by atoms with Crippen LogP contribution in [0.15, 0.2) is 36.4 Å². The molecule has 0 aromatic heterocycles. The lowest BCUT2D eigenvalue weighted by Crippen LogP contribution is -2.01. The van der Waals surface area contributed by atoms with E-state index >= 15 is 0 Å². The summed E-state index contributed by atoms with van der Waals surface area (Å²) in [5, 5.41) is 20.6. The number of ether oxygens (including phenoxy) is 2. The topological polar surface area (TPSA) is 93.1 Å². The fourth-order valence-electron chi connectivity index (χ4n) is 2.99. The molecular weight excluding hydrogens is 360 g/mol. The van der Waals surface area contributed by atoms with Crippen molar-refractivity contribution in [3.63, 3.8) is 0 Å². The van der Waals surface area contributed by atoms with Crippen LogP contribution < -0.4 is 0 Å². The van der Waals surface area contributed by atoms with E-state index in [0.29, 0.717) is 49.7 Å². The minimum atomic E-state index is -0.253. The number of esters is 2. The van der Waals surface area contributed by atoms with Gasteiger partial charge in [0.2, 0.25) is 0 Å². The molecule has 0 spiro atoms. The van der Waals surface area contributed by atoms with Crippen molar-refractivity contribution in [1.82, 2.24) is 0 Å². The van der Waals surface area contributed by atoms with Gasteiger partial charge in [-0.05, 0) is 61.1 Å². The van der Waals surface area contributed by atoms with Crippen LogP contribution in [-0.2, 0) is 31.9 Å². The fourth-order valence-corrected chi connectivity index (χ4v) is 2.99. The number of phenols is 2. The molecule has 2 aromatic carbocycles. The number of hydrogen-bond donors (Lipinski definition) is 2. The number of carbonyl (C=O) groups is 2. The average molecular weight is 386 g/mol. The highest BCUT2D eigenvalue weighted by atomic mass is 16.5. The van der Waals surface area contributed by atoms with Gasteiger partial charge in [0.1, 0.15) is 11.5 Å². The molecule has 0 bridgehead atoms. The number of phenolic OH excluding ortho intramolecular Hbond substituents is 2. The van der Waals surface area contributed by atoms with E-state index in [-0.39, 0.29) is 23.4 Å². The standard InChI is InChI=1S/C22H26O6/c1-27-21(25)7-3-5-15-9-11-19(23)17(13-15)18-14-16(10-12-20(18)24)6-4-8-22(26)28-2/h9-14,23-24H,3-8H2,1-2H3. The second-order valence-electron chi connectivity index (χ2n) is 6.56. The zero-order chi connectivity index (χ0) is 20.5. The molecule has 6 heteroatoms. The van der Waals surface area contributed by atoms with Gasteiger partial charge in [0.05, 0.1) is 14.2 Å². The highest BCUT2D eigenvalue weighted by molar-refractivity contribution is 5.76. The quantitative estimate of drug-likeness (QED) is 0.638. The summed E-state index contributed by atoms with van der Waals surface area (Å²) in [4.78, 5) is 22.5. The summed E-state index contributed by atoms with van der Waals surface area (Å²) < 4.78 is 9.28. The Hall–Kier alpha value is -3.02. The lowest BCUT2D eigenvalue weighted by molar-refractivity contribution is -0.141. The molecule has 150 valence electrons. The molecule has 0 aliphatic heterocycles. The zero-order valence-corrected chi connectivity index (χ0v) is 16.2. The number of rotatable bonds is 9. The van der Waals surface area contributed by atoms with Gasteiger partial charge in [-0.1, -0.05) is 12.1 Å². The molecule has 0 aliphatic rings. The summed E-state index contributed by atoms with van der Waals surface area (Å²) in [6, 6.07) is 10.4. The van der Waals surface area contributed by atoms with Gasteiger partial charge in [-0.25, -0.2) is 0 Å². The number of benzene rings is 2. The first kappa shape index (κ1) is 21.3. The Labute approximate surface area is 164 Å². The van der Waals surface area contributed by atoms with Gasteiger partial charge in [0.15, 0.2) is 0 Å². The van der Waals surface area contributed by atoms with Crippen LogP contribution in [-0.4, -0.2) is 36.4 Å². The van der Waals surface area contributed by atoms with Gasteiger partial charge in [0, 0.05) is 24.0 Å². The molecular formula is C22H26O6. The third-order valence-corrected chi connectivity index (χ3v) is 4.56. The molecule has 0 heterocycles. The maximum atomic E-state index is 11.3. The third kappa shape index (κ3) is 6.01. The van der Waals surface area contributed by atoms with Crippen LogP contribution in [0.25, 0.3) is 11.1 Å². The molecule has 0 fully saturated rings. The Morgan fingerprint density at radius 3 is 1.50 bits per heavy atom. The molecule has 6 nitrogen and oxygen atoms in total. The average Bonchev–Trinajstić information content (AvgIpc) is 2.70. The van der Waals surface area contributed by atoms with E-state index in [1.54, 1.807) is 24.3 Å². The second kappa shape index (κ2) is 10.3. The van der Waals surface area contributed by atoms with Gasteiger partial charge < -0.3 is 19.7 Å². The van der Waals surface area contributed by atoms with E-state index < -0.39 is 0 Å². The van der Waals surface area contributed by atoms with Crippen molar-refractivity contribution in [1.29, 1.82) is 0 Å². The smallest absolute Gasteiger partial charge is 0.305 e. The normalized spacial score (nSPS) is 10.5. The Morgan fingerprint density at radius 1 is 0.750 bits per heavy atom. The molecule has 0 atom stereocenters. The van der Waals surface area contributed by atoms with Crippen LogP contribution in [0.5, 0.6) is 11.5 Å². The third-order valence-electron chi connectivity index (χ3n) is 4.56. The van der Waals surface area contributed by atoms with E-state index in [2.05, 4.69) is 9.47 Å². The van der Waals surface area contributed by atoms with E-state index in [9.17, 15) is 19.8 Å². The first-order valence-corrected chi connectivity index (χ1v) is 9.22. The molecule has 0 radical (unpaired) electrons. The Bertz CT molecular complexity index is 758. The van der Waals surface area contributed by atoms with Crippen LogP contribution >= 0.6 is 0 Å². The van der Waals surface area contributed by atoms with Crippen molar-refractivity contribution >= 4 is 11.9 Å². The lowest BCUT2D eigenvalue weighted by Gasteiger charge is -2.12. The van der Waals surface area contributed by atoms with Crippen molar-refractivity contribution in [2.45, 2.75) is 38.5 Å². The first-order chi connectivity index (χ1) is 13.4. The molecule has 2 N–H and O–H groups in total. The van der Waals surface area contributed by atoms with Crippen LogP contribution in [0.3, 0.4) is 0 Å². The summed E-state index contributed by atoms with van der Waals surface area (Å²) in [6.45, 7) is 0. The van der Waals surface area contributed by atoms with Crippen molar-refractivity contribution in [3.8, 4) is 22.6 Å². The zero-order valence-electron chi connectivity index (χ0n) is 16.2. The van der Waals surface area contributed by atoms with Crippen molar-refractivity contribution in [3.05, 3.63) is 47.5 Å². The Balaban J connectivity index is 2.16.